The van der Waals surface area contributed by atoms with E-state index in [1.54, 1.807) is 6.07 Å². The molecule has 2 aromatic rings. The van der Waals surface area contributed by atoms with Crippen molar-refractivity contribution in [2.45, 2.75) is 6.42 Å². The number of carbonyl (C=O) groups is 2. The average Bonchev–Trinajstić information content (AvgIpc) is 2.50. The Hall–Kier alpha value is -1.42. The molecule has 0 aliphatic heterocycles. The first-order valence-electron chi connectivity index (χ1n) is 6.61. The van der Waals surface area contributed by atoms with Crippen LogP contribution in [-0.2, 0) is 11.2 Å². The van der Waals surface area contributed by atoms with Crippen LogP contribution in [0.5, 0.6) is 0 Å². The Labute approximate surface area is 160 Å². The minimum Gasteiger partial charge on any atom is -0.478 e. The molecule has 4 nitrogen and oxygen atoms in total. The first kappa shape index (κ1) is 17.9. The fraction of sp³-hybridized carbons (Fsp3) is 0.0588. The summed E-state index contributed by atoms with van der Waals surface area (Å²) < 4.78 is 1.45. The van der Waals surface area contributed by atoms with Gasteiger partial charge in [-0.2, -0.15) is 0 Å². The third-order valence-corrected chi connectivity index (χ3v) is 5.27. The summed E-state index contributed by atoms with van der Waals surface area (Å²) in [6.07, 6.45) is 2.96. The molecule has 0 unspecified atom stereocenters. The Kier molecular flexibility index (Phi) is 6.17. The second-order valence-corrected chi connectivity index (χ2v) is 6.93. The fourth-order valence-electron chi connectivity index (χ4n) is 2.22. The topological polar surface area (TPSA) is 74.6 Å². The number of aromatic carboxylic acids is 1. The number of allylic oxidation sites excluding steroid dienone is 1. The van der Waals surface area contributed by atoms with Gasteiger partial charge in [0.25, 0.3) is 0 Å². The lowest BCUT2D eigenvalue weighted by atomic mass is 9.95. The Balaban J connectivity index is 2.66. The number of hydrogen-bond donors (Lipinski definition) is 2. The summed E-state index contributed by atoms with van der Waals surface area (Å²) in [4.78, 5) is 22.1. The normalized spacial score (nSPS) is 10.9. The molecule has 0 amide bonds. The summed E-state index contributed by atoms with van der Waals surface area (Å²) in [6, 6.07) is 11.3. The molecule has 118 valence electrons. The molecule has 0 atom stereocenters. The van der Waals surface area contributed by atoms with Crippen molar-refractivity contribution >= 4 is 57.1 Å². The van der Waals surface area contributed by atoms with Gasteiger partial charge in [0.15, 0.2) is 0 Å². The van der Waals surface area contributed by atoms with Crippen LogP contribution in [0.3, 0.4) is 0 Å². The third kappa shape index (κ3) is 4.31. The Morgan fingerprint density at radius 2 is 1.74 bits per heavy atom. The molecule has 0 radical (unpaired) electrons. The van der Waals surface area contributed by atoms with Crippen LogP contribution < -0.4 is 0 Å². The van der Waals surface area contributed by atoms with Gasteiger partial charge in [0, 0.05) is 13.2 Å². The van der Waals surface area contributed by atoms with E-state index >= 15 is 0 Å². The van der Waals surface area contributed by atoms with Crippen molar-refractivity contribution in [2.75, 3.05) is 0 Å². The minimum absolute atomic E-state index is 0.230. The number of carboxylic acid groups (broad SMARTS) is 2. The van der Waals surface area contributed by atoms with Gasteiger partial charge in [-0.25, -0.2) is 9.59 Å². The highest BCUT2D eigenvalue weighted by atomic mass is 127. The van der Waals surface area contributed by atoms with E-state index in [4.69, 9.17) is 5.11 Å². The van der Waals surface area contributed by atoms with E-state index in [9.17, 15) is 14.7 Å². The predicted octanol–water partition coefficient (Wildman–Crippen LogP) is 4.44. The predicted molar refractivity (Wildman–Crippen MR) is 105 cm³/mol. The zero-order valence-corrected chi connectivity index (χ0v) is 16.1. The molecule has 0 saturated carbocycles. The van der Waals surface area contributed by atoms with E-state index in [0.717, 1.165) is 26.3 Å². The van der Waals surface area contributed by atoms with Crippen LogP contribution in [0.15, 0.2) is 48.6 Å². The summed E-state index contributed by atoms with van der Waals surface area (Å²) in [6.45, 7) is 0. The molecule has 0 fully saturated rings. The molecule has 0 aliphatic carbocycles. The van der Waals surface area contributed by atoms with Gasteiger partial charge in [-0.05, 0) is 74.4 Å². The zero-order chi connectivity index (χ0) is 17.0. The lowest BCUT2D eigenvalue weighted by Gasteiger charge is -2.15. The maximum atomic E-state index is 11.4. The summed E-state index contributed by atoms with van der Waals surface area (Å²) >= 11 is 4.14. The van der Waals surface area contributed by atoms with Crippen LogP contribution in [0.4, 0.5) is 0 Å². The van der Waals surface area contributed by atoms with Crippen molar-refractivity contribution in [3.63, 3.8) is 0 Å². The number of rotatable bonds is 5. The summed E-state index contributed by atoms with van der Waals surface area (Å²) in [7, 11) is 0. The van der Waals surface area contributed by atoms with Gasteiger partial charge in [-0.1, -0.05) is 36.4 Å². The van der Waals surface area contributed by atoms with Gasteiger partial charge in [-0.15, -0.1) is 0 Å². The monoisotopic (exact) mass is 534 g/mol. The lowest BCUT2D eigenvalue weighted by molar-refractivity contribution is -0.131. The molecule has 0 heterocycles. The number of hydrogen-bond acceptors (Lipinski definition) is 2. The Morgan fingerprint density at radius 3 is 2.30 bits per heavy atom. The van der Waals surface area contributed by atoms with Gasteiger partial charge in [0.1, 0.15) is 0 Å². The molecule has 0 aliphatic rings. The summed E-state index contributed by atoms with van der Waals surface area (Å²) in [5.41, 5.74) is 2.97. The smallest absolute Gasteiger partial charge is 0.336 e. The maximum absolute atomic E-state index is 11.4. The van der Waals surface area contributed by atoms with E-state index in [2.05, 4.69) is 22.6 Å². The standard InChI is InChI=1S/C17H12I2O4/c18-13-9-12(17(22)23)16(19)11(7-4-8-14(20)21)15(13)10-5-2-1-3-6-10/h1-6,8-9H,7H2,(H,20,21)(H,22,23). The van der Waals surface area contributed by atoms with E-state index < -0.39 is 11.9 Å². The van der Waals surface area contributed by atoms with Crippen LogP contribution >= 0.6 is 45.2 Å². The van der Waals surface area contributed by atoms with Crippen LogP contribution in [0, 0.1) is 7.14 Å². The molecule has 2 N–H and O–H groups in total. The SMILES string of the molecule is O=C(O)C=CCc1c(I)c(C(=O)O)cc(I)c1-c1ccccc1. The number of carboxylic acids is 2. The average molecular weight is 534 g/mol. The summed E-state index contributed by atoms with van der Waals surface area (Å²) in [5, 5.41) is 18.1. The van der Waals surface area contributed by atoms with Crippen LogP contribution in [0.1, 0.15) is 15.9 Å². The number of halogens is 2. The van der Waals surface area contributed by atoms with E-state index in [0.29, 0.717) is 9.99 Å². The van der Waals surface area contributed by atoms with Gasteiger partial charge < -0.3 is 10.2 Å². The van der Waals surface area contributed by atoms with Gasteiger partial charge in [0.2, 0.25) is 0 Å². The largest absolute Gasteiger partial charge is 0.478 e. The molecule has 0 saturated heterocycles. The first-order valence-corrected chi connectivity index (χ1v) is 8.76. The third-order valence-electron chi connectivity index (χ3n) is 3.19. The molecular weight excluding hydrogens is 522 g/mol. The van der Waals surface area contributed by atoms with Gasteiger partial charge >= 0.3 is 11.9 Å². The van der Waals surface area contributed by atoms with Crippen molar-refractivity contribution in [2.24, 2.45) is 0 Å². The van der Waals surface area contributed by atoms with Gasteiger partial charge in [-0.3, -0.25) is 0 Å². The quantitative estimate of drug-likeness (QED) is 0.440. The van der Waals surface area contributed by atoms with Crippen molar-refractivity contribution in [3.8, 4) is 11.1 Å². The molecule has 2 aromatic carbocycles. The number of aliphatic carboxylic acids is 1. The second-order valence-electron chi connectivity index (χ2n) is 4.69. The molecular formula is C17H12I2O4. The lowest BCUT2D eigenvalue weighted by Crippen LogP contribution is -2.06. The number of benzene rings is 2. The molecule has 0 aromatic heterocycles. The van der Waals surface area contributed by atoms with Gasteiger partial charge in [0.05, 0.1) is 5.56 Å². The zero-order valence-electron chi connectivity index (χ0n) is 11.8. The molecule has 6 heteroatoms. The van der Waals surface area contributed by atoms with Crippen LogP contribution in [0.25, 0.3) is 11.1 Å². The maximum Gasteiger partial charge on any atom is 0.336 e. The highest BCUT2D eigenvalue weighted by Crippen LogP contribution is 2.34. The highest BCUT2D eigenvalue weighted by molar-refractivity contribution is 14.1. The van der Waals surface area contributed by atoms with E-state index in [1.165, 1.54) is 6.08 Å². The molecule has 2 rings (SSSR count). The Bertz CT molecular complexity index is 783. The van der Waals surface area contributed by atoms with Crippen LogP contribution in [-0.4, -0.2) is 22.2 Å². The van der Waals surface area contributed by atoms with E-state index in [1.807, 2.05) is 52.9 Å². The fourth-order valence-corrected chi connectivity index (χ4v) is 4.05. The second kappa shape index (κ2) is 7.91. The van der Waals surface area contributed by atoms with Crippen molar-refractivity contribution < 1.29 is 19.8 Å². The highest BCUT2D eigenvalue weighted by Gasteiger charge is 2.19. The molecule has 23 heavy (non-hydrogen) atoms. The first-order chi connectivity index (χ1) is 10.9. The summed E-state index contributed by atoms with van der Waals surface area (Å²) in [5.74, 6) is -2.01. The van der Waals surface area contributed by atoms with Crippen molar-refractivity contribution in [1.82, 2.24) is 0 Å². The van der Waals surface area contributed by atoms with Crippen molar-refractivity contribution in [3.05, 3.63) is 66.8 Å². The van der Waals surface area contributed by atoms with E-state index in [-0.39, 0.29) is 5.56 Å². The van der Waals surface area contributed by atoms with Crippen LogP contribution in [0.2, 0.25) is 0 Å². The molecule has 0 bridgehead atoms. The molecule has 0 spiro atoms. The van der Waals surface area contributed by atoms with Crippen molar-refractivity contribution in [1.29, 1.82) is 0 Å². The minimum atomic E-state index is -1.02. The Morgan fingerprint density at radius 1 is 1.09 bits per heavy atom.